The van der Waals surface area contributed by atoms with Crippen molar-refractivity contribution in [2.45, 2.75) is 71.4 Å². The minimum atomic E-state index is -0.866. The predicted molar refractivity (Wildman–Crippen MR) is 95.8 cm³/mol. The number of carbonyl (C=O) groups excluding carboxylic acids is 2. The second-order valence-electron chi connectivity index (χ2n) is 7.00. The number of esters is 1. The predicted octanol–water partition coefficient (Wildman–Crippen LogP) is 3.22. The molecule has 0 radical (unpaired) electrons. The van der Waals surface area contributed by atoms with E-state index in [0.29, 0.717) is 28.1 Å². The van der Waals surface area contributed by atoms with Crippen LogP contribution in [0.4, 0.5) is 0 Å². The molecule has 0 saturated heterocycles. The summed E-state index contributed by atoms with van der Waals surface area (Å²) in [5.74, 6) is -0.829. The van der Waals surface area contributed by atoms with Crippen molar-refractivity contribution in [3.05, 3.63) is 23.0 Å². The van der Waals surface area contributed by atoms with Crippen LogP contribution in [0, 0.1) is 13.8 Å². The Morgan fingerprint density at radius 2 is 1.92 bits per heavy atom. The van der Waals surface area contributed by atoms with E-state index in [9.17, 15) is 9.59 Å². The van der Waals surface area contributed by atoms with Crippen LogP contribution < -0.4 is 5.32 Å². The first-order chi connectivity index (χ1) is 12.5. The highest BCUT2D eigenvalue weighted by Gasteiger charge is 2.25. The first-order valence-corrected chi connectivity index (χ1v) is 9.20. The molecule has 1 amide bonds. The number of nitrogens with zero attached hydrogens (tertiary/aromatic N) is 2. The summed E-state index contributed by atoms with van der Waals surface area (Å²) in [7, 11) is 0. The van der Waals surface area contributed by atoms with E-state index in [1.54, 1.807) is 26.8 Å². The van der Waals surface area contributed by atoms with Crippen molar-refractivity contribution >= 4 is 23.0 Å². The topological polar surface area (TPSA) is 94.3 Å². The summed E-state index contributed by atoms with van der Waals surface area (Å²) in [6.45, 7) is 5.09. The molecule has 7 nitrogen and oxygen atoms in total. The number of hydrogen-bond acceptors (Lipinski definition) is 6. The molecular weight excluding hydrogens is 334 g/mol. The number of ether oxygens (including phenoxy) is 1. The van der Waals surface area contributed by atoms with E-state index >= 15 is 0 Å². The van der Waals surface area contributed by atoms with Gasteiger partial charge in [-0.15, -0.1) is 0 Å². The summed E-state index contributed by atoms with van der Waals surface area (Å²) in [5.41, 5.74) is 1.80. The van der Waals surface area contributed by atoms with Crippen molar-refractivity contribution in [2.75, 3.05) is 0 Å². The van der Waals surface area contributed by atoms with Crippen LogP contribution in [0.15, 0.2) is 10.6 Å². The standard InChI is InChI=1S/C19H25N3O4/c1-11-10-15(16-12(2)22-26-18(16)20-11)19(24)25-13(3)17(23)21-14-8-6-4-5-7-9-14/h10,13-14H,4-9H2,1-3H3,(H,21,23). The first-order valence-electron chi connectivity index (χ1n) is 9.20. The molecule has 7 heteroatoms. The largest absolute Gasteiger partial charge is 0.449 e. The number of aryl methyl sites for hydroxylation is 2. The summed E-state index contributed by atoms with van der Waals surface area (Å²) in [6.07, 6.45) is 5.78. The van der Waals surface area contributed by atoms with Crippen LogP contribution in [0.25, 0.3) is 11.1 Å². The average Bonchev–Trinajstić information content (AvgIpc) is 2.81. The van der Waals surface area contributed by atoms with Gasteiger partial charge in [-0.2, -0.15) is 0 Å². The van der Waals surface area contributed by atoms with E-state index in [1.165, 1.54) is 12.8 Å². The summed E-state index contributed by atoms with van der Waals surface area (Å²) in [4.78, 5) is 29.3. The highest BCUT2D eigenvalue weighted by atomic mass is 16.5. The number of hydrogen-bond donors (Lipinski definition) is 1. The zero-order valence-electron chi connectivity index (χ0n) is 15.5. The summed E-state index contributed by atoms with van der Waals surface area (Å²) in [6, 6.07) is 1.80. The molecule has 1 aliphatic carbocycles. The van der Waals surface area contributed by atoms with Crippen molar-refractivity contribution in [1.29, 1.82) is 0 Å². The lowest BCUT2D eigenvalue weighted by atomic mass is 10.1. The zero-order valence-corrected chi connectivity index (χ0v) is 15.5. The third-order valence-electron chi connectivity index (χ3n) is 4.82. The van der Waals surface area contributed by atoms with Gasteiger partial charge in [0.25, 0.3) is 11.6 Å². The molecule has 0 bridgehead atoms. The first kappa shape index (κ1) is 18.4. The molecule has 2 aromatic rings. The molecule has 1 fully saturated rings. The Labute approximate surface area is 152 Å². The van der Waals surface area contributed by atoms with Gasteiger partial charge in [-0.25, -0.2) is 9.78 Å². The molecule has 0 aromatic carbocycles. The van der Waals surface area contributed by atoms with Crippen LogP contribution in [0.1, 0.15) is 67.2 Å². The van der Waals surface area contributed by atoms with Gasteiger partial charge in [0.05, 0.1) is 16.6 Å². The van der Waals surface area contributed by atoms with Crippen molar-refractivity contribution in [3.63, 3.8) is 0 Å². The second-order valence-corrected chi connectivity index (χ2v) is 7.00. The molecule has 1 aliphatic rings. The van der Waals surface area contributed by atoms with Crippen molar-refractivity contribution in [2.24, 2.45) is 0 Å². The van der Waals surface area contributed by atoms with Gasteiger partial charge in [-0.1, -0.05) is 30.8 Å². The van der Waals surface area contributed by atoms with Gasteiger partial charge < -0.3 is 14.6 Å². The molecule has 26 heavy (non-hydrogen) atoms. The molecule has 0 aliphatic heterocycles. The van der Waals surface area contributed by atoms with E-state index in [0.717, 1.165) is 25.7 Å². The number of pyridine rings is 1. The molecule has 140 valence electrons. The second kappa shape index (κ2) is 7.85. The minimum absolute atomic E-state index is 0.168. The van der Waals surface area contributed by atoms with Crippen molar-refractivity contribution in [1.82, 2.24) is 15.5 Å². The van der Waals surface area contributed by atoms with Crippen LogP contribution in [0.2, 0.25) is 0 Å². The minimum Gasteiger partial charge on any atom is -0.449 e. The smallest absolute Gasteiger partial charge is 0.339 e. The Kier molecular flexibility index (Phi) is 5.54. The van der Waals surface area contributed by atoms with Crippen LogP contribution >= 0.6 is 0 Å². The van der Waals surface area contributed by atoms with E-state index in [-0.39, 0.29) is 11.9 Å². The molecule has 1 saturated carbocycles. The van der Waals surface area contributed by atoms with Gasteiger partial charge in [-0.05, 0) is 39.7 Å². The lowest BCUT2D eigenvalue weighted by Crippen LogP contribution is -2.41. The van der Waals surface area contributed by atoms with Crippen LogP contribution in [0.3, 0.4) is 0 Å². The maximum absolute atomic E-state index is 12.6. The number of carbonyl (C=O) groups is 2. The molecule has 0 spiro atoms. The van der Waals surface area contributed by atoms with Gasteiger partial charge >= 0.3 is 5.97 Å². The normalized spacial score (nSPS) is 16.9. The van der Waals surface area contributed by atoms with Crippen molar-refractivity contribution < 1.29 is 18.8 Å². The van der Waals surface area contributed by atoms with Crippen LogP contribution in [0.5, 0.6) is 0 Å². The Balaban J connectivity index is 1.69. The van der Waals surface area contributed by atoms with Gasteiger partial charge in [0.1, 0.15) is 0 Å². The molecule has 3 rings (SSSR count). The summed E-state index contributed by atoms with van der Waals surface area (Å²) >= 11 is 0. The van der Waals surface area contributed by atoms with E-state index in [2.05, 4.69) is 15.5 Å². The SMILES string of the molecule is Cc1cc(C(=O)OC(C)C(=O)NC2CCCCCC2)c2c(C)noc2n1. The van der Waals surface area contributed by atoms with Crippen molar-refractivity contribution in [3.8, 4) is 0 Å². The maximum Gasteiger partial charge on any atom is 0.339 e. The van der Waals surface area contributed by atoms with Gasteiger partial charge in [0.15, 0.2) is 6.10 Å². The molecule has 2 aromatic heterocycles. The fourth-order valence-electron chi connectivity index (χ4n) is 3.40. The van der Waals surface area contributed by atoms with E-state index in [1.807, 2.05) is 0 Å². The lowest BCUT2D eigenvalue weighted by molar-refractivity contribution is -0.129. The maximum atomic E-state index is 12.6. The third-order valence-corrected chi connectivity index (χ3v) is 4.82. The number of amides is 1. The Morgan fingerprint density at radius 3 is 2.62 bits per heavy atom. The quantitative estimate of drug-likeness (QED) is 0.665. The van der Waals surface area contributed by atoms with E-state index < -0.39 is 12.1 Å². The molecular formula is C19H25N3O4. The Hall–Kier alpha value is -2.44. The average molecular weight is 359 g/mol. The Bertz CT molecular complexity index is 806. The highest BCUT2D eigenvalue weighted by molar-refractivity contribution is 6.04. The van der Waals surface area contributed by atoms with Gasteiger partial charge in [-0.3, -0.25) is 4.79 Å². The lowest BCUT2D eigenvalue weighted by Gasteiger charge is -2.19. The van der Waals surface area contributed by atoms with Crippen LogP contribution in [-0.2, 0) is 9.53 Å². The fraction of sp³-hybridized carbons (Fsp3) is 0.579. The Morgan fingerprint density at radius 1 is 1.23 bits per heavy atom. The van der Waals surface area contributed by atoms with Gasteiger partial charge in [0.2, 0.25) is 0 Å². The number of rotatable bonds is 4. The third kappa shape index (κ3) is 4.03. The highest BCUT2D eigenvalue weighted by Crippen LogP contribution is 2.23. The molecule has 2 heterocycles. The van der Waals surface area contributed by atoms with Crippen LogP contribution in [-0.4, -0.2) is 34.2 Å². The fourth-order valence-corrected chi connectivity index (χ4v) is 3.40. The number of nitrogens with one attached hydrogen (secondary N) is 1. The van der Waals surface area contributed by atoms with Gasteiger partial charge in [0, 0.05) is 11.7 Å². The number of fused-ring (bicyclic) bond motifs is 1. The summed E-state index contributed by atoms with van der Waals surface area (Å²) < 4.78 is 10.5. The molecule has 1 N–H and O–H groups in total. The van der Waals surface area contributed by atoms with E-state index in [4.69, 9.17) is 9.26 Å². The number of aromatic nitrogens is 2. The molecule has 1 unspecified atom stereocenters. The molecule has 1 atom stereocenters. The zero-order chi connectivity index (χ0) is 18.7. The summed E-state index contributed by atoms with van der Waals surface area (Å²) in [5, 5.41) is 7.39. The monoisotopic (exact) mass is 359 g/mol.